The van der Waals surface area contributed by atoms with E-state index < -0.39 is 5.97 Å². The van der Waals surface area contributed by atoms with Crippen LogP contribution in [0.1, 0.15) is 29.2 Å². The Hall–Kier alpha value is -2.13. The van der Waals surface area contributed by atoms with Crippen molar-refractivity contribution in [3.8, 4) is 0 Å². The number of carbonyl (C=O) groups is 1. The van der Waals surface area contributed by atoms with E-state index in [-0.39, 0.29) is 12.5 Å². The second-order valence-electron chi connectivity index (χ2n) is 4.87. The topological polar surface area (TPSA) is 49.3 Å². The molecule has 0 saturated carbocycles. The van der Waals surface area contributed by atoms with Crippen LogP contribution in [0.2, 0.25) is 0 Å². The number of nitrogens with one attached hydrogen (secondary N) is 1. The number of carboxylic acid groups (broad SMARTS) is 1. The summed E-state index contributed by atoms with van der Waals surface area (Å²) in [4.78, 5) is 11.1. The number of aliphatic carboxylic acids is 1. The van der Waals surface area contributed by atoms with Crippen molar-refractivity contribution in [2.75, 3.05) is 0 Å². The number of benzene rings is 2. The van der Waals surface area contributed by atoms with Crippen LogP contribution in [0, 0.1) is 6.92 Å². The van der Waals surface area contributed by atoms with Crippen LogP contribution in [0.15, 0.2) is 54.6 Å². The van der Waals surface area contributed by atoms with Gasteiger partial charge in [0.15, 0.2) is 0 Å². The maximum Gasteiger partial charge on any atom is 0.305 e. The fourth-order valence-electron chi connectivity index (χ4n) is 2.28. The molecule has 0 spiro atoms. The van der Waals surface area contributed by atoms with E-state index in [9.17, 15) is 4.79 Å². The smallest absolute Gasteiger partial charge is 0.305 e. The Kier molecular flexibility index (Phi) is 4.91. The normalized spacial score (nSPS) is 12.1. The third-order valence-corrected chi connectivity index (χ3v) is 3.34. The van der Waals surface area contributed by atoms with Gasteiger partial charge in [0.2, 0.25) is 0 Å². The number of aryl methyl sites for hydroxylation is 1. The fraction of sp³-hybridized carbons (Fsp3) is 0.235. The average molecular weight is 269 g/mol. The highest BCUT2D eigenvalue weighted by Crippen LogP contribution is 2.21. The molecule has 2 N–H and O–H groups in total. The van der Waals surface area contributed by atoms with Crippen molar-refractivity contribution >= 4 is 5.97 Å². The molecule has 20 heavy (non-hydrogen) atoms. The van der Waals surface area contributed by atoms with Crippen molar-refractivity contribution in [1.29, 1.82) is 0 Å². The van der Waals surface area contributed by atoms with Crippen LogP contribution in [0.4, 0.5) is 0 Å². The third kappa shape index (κ3) is 3.93. The first kappa shape index (κ1) is 14.3. The summed E-state index contributed by atoms with van der Waals surface area (Å²) in [7, 11) is 0. The Morgan fingerprint density at radius 2 is 1.75 bits per heavy atom. The zero-order chi connectivity index (χ0) is 14.4. The molecular weight excluding hydrogens is 250 g/mol. The highest BCUT2D eigenvalue weighted by Gasteiger charge is 2.16. The first-order chi connectivity index (χ1) is 9.66. The van der Waals surface area contributed by atoms with Crippen LogP contribution in [-0.4, -0.2) is 11.1 Å². The maximum atomic E-state index is 11.1. The zero-order valence-electron chi connectivity index (χ0n) is 11.5. The summed E-state index contributed by atoms with van der Waals surface area (Å²) in [6.07, 6.45) is 0.0810. The molecule has 0 aliphatic heterocycles. The molecule has 2 aromatic rings. The van der Waals surface area contributed by atoms with E-state index in [4.69, 9.17) is 5.11 Å². The number of hydrogen-bond donors (Lipinski definition) is 2. The van der Waals surface area contributed by atoms with Gasteiger partial charge in [-0.05, 0) is 23.6 Å². The number of rotatable bonds is 6. The van der Waals surface area contributed by atoms with Crippen LogP contribution in [-0.2, 0) is 11.3 Å². The summed E-state index contributed by atoms with van der Waals surface area (Å²) in [5, 5.41) is 12.4. The number of carboxylic acids is 1. The molecule has 0 aliphatic carbocycles. The molecule has 0 heterocycles. The first-order valence-corrected chi connectivity index (χ1v) is 6.71. The molecule has 104 valence electrons. The molecule has 2 aromatic carbocycles. The predicted molar refractivity (Wildman–Crippen MR) is 79.5 cm³/mol. The van der Waals surface area contributed by atoms with Crippen molar-refractivity contribution in [3.63, 3.8) is 0 Å². The Morgan fingerprint density at radius 3 is 2.40 bits per heavy atom. The largest absolute Gasteiger partial charge is 0.481 e. The molecule has 0 aromatic heterocycles. The molecule has 0 aliphatic rings. The van der Waals surface area contributed by atoms with Crippen molar-refractivity contribution < 1.29 is 9.90 Å². The summed E-state index contributed by atoms with van der Waals surface area (Å²) in [5.74, 6) is -0.793. The molecule has 0 radical (unpaired) electrons. The highest BCUT2D eigenvalue weighted by molar-refractivity contribution is 5.68. The van der Waals surface area contributed by atoms with E-state index in [1.807, 2.05) is 61.5 Å². The minimum atomic E-state index is -0.793. The second kappa shape index (κ2) is 6.87. The van der Waals surface area contributed by atoms with Gasteiger partial charge in [-0.25, -0.2) is 0 Å². The molecule has 0 saturated heterocycles. The maximum absolute atomic E-state index is 11.1. The average Bonchev–Trinajstić information content (AvgIpc) is 2.45. The second-order valence-corrected chi connectivity index (χ2v) is 4.87. The first-order valence-electron chi connectivity index (χ1n) is 6.71. The van der Waals surface area contributed by atoms with E-state index in [0.29, 0.717) is 6.54 Å². The van der Waals surface area contributed by atoms with Crippen LogP contribution >= 0.6 is 0 Å². The monoisotopic (exact) mass is 269 g/mol. The molecule has 0 bridgehead atoms. The molecule has 0 unspecified atom stereocenters. The fourth-order valence-corrected chi connectivity index (χ4v) is 2.28. The van der Waals surface area contributed by atoms with E-state index in [1.165, 1.54) is 0 Å². The van der Waals surface area contributed by atoms with Gasteiger partial charge in [0.05, 0.1) is 6.42 Å². The lowest BCUT2D eigenvalue weighted by molar-refractivity contribution is -0.137. The lowest BCUT2D eigenvalue weighted by atomic mass is 9.98. The van der Waals surface area contributed by atoms with Gasteiger partial charge in [0.25, 0.3) is 0 Å². The van der Waals surface area contributed by atoms with Gasteiger partial charge in [-0.1, -0.05) is 54.6 Å². The summed E-state index contributed by atoms with van der Waals surface area (Å²) in [6.45, 7) is 2.67. The molecule has 3 nitrogen and oxygen atoms in total. The highest BCUT2D eigenvalue weighted by atomic mass is 16.4. The number of hydrogen-bond acceptors (Lipinski definition) is 2. The summed E-state index contributed by atoms with van der Waals surface area (Å²) < 4.78 is 0. The Balaban J connectivity index is 2.12. The predicted octanol–water partition coefficient (Wildman–Crippen LogP) is 3.30. The van der Waals surface area contributed by atoms with Crippen molar-refractivity contribution in [2.24, 2.45) is 0 Å². The summed E-state index contributed by atoms with van der Waals surface area (Å²) >= 11 is 0. The van der Waals surface area contributed by atoms with E-state index in [0.717, 1.165) is 16.7 Å². The SMILES string of the molecule is Cc1ccccc1[C@@H](CC(=O)O)NCc1ccccc1. The summed E-state index contributed by atoms with van der Waals surface area (Å²) in [5.41, 5.74) is 3.31. The van der Waals surface area contributed by atoms with Gasteiger partial charge >= 0.3 is 5.97 Å². The molecular formula is C17H19NO2. The molecule has 0 fully saturated rings. The molecule has 0 amide bonds. The van der Waals surface area contributed by atoms with Crippen molar-refractivity contribution in [3.05, 3.63) is 71.3 Å². The van der Waals surface area contributed by atoms with Gasteiger partial charge in [-0.15, -0.1) is 0 Å². The lowest BCUT2D eigenvalue weighted by Crippen LogP contribution is -2.24. The molecule has 1 atom stereocenters. The van der Waals surface area contributed by atoms with E-state index >= 15 is 0 Å². The minimum absolute atomic E-state index is 0.0810. The van der Waals surface area contributed by atoms with Gasteiger partial charge in [-0.3, -0.25) is 4.79 Å². The Morgan fingerprint density at radius 1 is 1.10 bits per heavy atom. The Bertz CT molecular complexity index is 566. The van der Waals surface area contributed by atoms with Crippen LogP contribution in [0.3, 0.4) is 0 Å². The van der Waals surface area contributed by atoms with E-state index in [2.05, 4.69) is 5.32 Å². The van der Waals surface area contributed by atoms with E-state index in [1.54, 1.807) is 0 Å². The van der Waals surface area contributed by atoms with Gasteiger partial charge in [0, 0.05) is 12.6 Å². The van der Waals surface area contributed by atoms with Gasteiger partial charge in [-0.2, -0.15) is 0 Å². The van der Waals surface area contributed by atoms with Crippen LogP contribution in [0.25, 0.3) is 0 Å². The molecule has 3 heteroatoms. The van der Waals surface area contributed by atoms with Crippen LogP contribution < -0.4 is 5.32 Å². The Labute approximate surface area is 119 Å². The van der Waals surface area contributed by atoms with Crippen molar-refractivity contribution in [2.45, 2.75) is 25.9 Å². The minimum Gasteiger partial charge on any atom is -0.481 e. The quantitative estimate of drug-likeness (QED) is 0.846. The van der Waals surface area contributed by atoms with Gasteiger partial charge in [0.1, 0.15) is 0 Å². The van der Waals surface area contributed by atoms with Gasteiger partial charge < -0.3 is 10.4 Å². The third-order valence-electron chi connectivity index (χ3n) is 3.34. The summed E-state index contributed by atoms with van der Waals surface area (Å²) in [6, 6.07) is 17.7. The zero-order valence-corrected chi connectivity index (χ0v) is 11.5. The standard InChI is InChI=1S/C17H19NO2/c1-13-7-5-6-10-15(13)16(11-17(19)20)18-12-14-8-3-2-4-9-14/h2-10,16,18H,11-12H2,1H3,(H,19,20)/t16-/m1/s1. The van der Waals surface area contributed by atoms with Crippen molar-refractivity contribution in [1.82, 2.24) is 5.32 Å². The molecule has 2 rings (SSSR count). The lowest BCUT2D eigenvalue weighted by Gasteiger charge is -2.19. The van der Waals surface area contributed by atoms with Crippen LogP contribution in [0.5, 0.6) is 0 Å².